The zero-order chi connectivity index (χ0) is 21.5. The number of nitrogen functional groups attached to an aromatic ring is 1. The highest BCUT2D eigenvalue weighted by molar-refractivity contribution is 7.51. The van der Waals surface area contributed by atoms with Gasteiger partial charge in [0.1, 0.15) is 30.2 Å². The van der Waals surface area contributed by atoms with E-state index in [1.165, 1.54) is 17.2 Å². The van der Waals surface area contributed by atoms with E-state index < -0.39 is 50.8 Å². The highest BCUT2D eigenvalue weighted by Crippen LogP contribution is 2.39. The van der Waals surface area contributed by atoms with Crippen LogP contribution in [0, 0.1) is 0 Å². The molecular weight excluding hydrogens is 421 g/mol. The number of imidazole rings is 1. The Bertz CT molecular complexity index is 981. The Morgan fingerprint density at radius 3 is 2.93 bits per heavy atom. The average molecular weight is 443 g/mol. The number of rotatable bonds is 6. The number of carbonyl (C=O) groups excluding carboxylic acids is 1. The smallest absolute Gasteiger partial charge is 0.387 e. The molecule has 1 amide bonds. The normalized spacial score (nSPS) is 31.1. The SMILES string of the molecule is Nc1ncnc2c1ncn2C1OC(COP(=O)(O)NC(=O)C2CCCN2)C(O)C1O. The minimum absolute atomic E-state index is 0.139. The standard InChI is InChI=1S/C15H22N7O7P/c16-12-9-13(19-5-18-12)22(6-20-9)15-11(24)10(23)8(29-15)4-28-30(26,27)21-14(25)7-2-1-3-17-7/h5-8,10-11,15,17,23-24H,1-4H2,(H2,16,18,19)(H2,21,25,26,27). The van der Waals surface area contributed by atoms with E-state index >= 15 is 0 Å². The topological polar surface area (TPSA) is 207 Å². The second kappa shape index (κ2) is 8.15. The third-order valence-electron chi connectivity index (χ3n) is 5.04. The molecule has 4 heterocycles. The van der Waals surface area contributed by atoms with Crippen LogP contribution in [0.5, 0.6) is 0 Å². The lowest BCUT2D eigenvalue weighted by Gasteiger charge is -2.19. The van der Waals surface area contributed by atoms with Gasteiger partial charge in [0.05, 0.1) is 19.0 Å². The number of nitrogens with one attached hydrogen (secondary N) is 2. The van der Waals surface area contributed by atoms with Crippen LogP contribution in [-0.4, -0.2) is 78.0 Å². The molecule has 4 rings (SSSR count). The predicted molar refractivity (Wildman–Crippen MR) is 101 cm³/mol. The van der Waals surface area contributed by atoms with Crippen molar-refractivity contribution in [3.8, 4) is 0 Å². The van der Waals surface area contributed by atoms with Gasteiger partial charge in [-0.3, -0.25) is 19.0 Å². The first-order chi connectivity index (χ1) is 14.3. The minimum atomic E-state index is -4.49. The number of aliphatic hydroxyl groups is 2. The number of amides is 1. The van der Waals surface area contributed by atoms with Crippen LogP contribution in [0.15, 0.2) is 12.7 Å². The average Bonchev–Trinajstić information content (AvgIpc) is 3.42. The Balaban J connectivity index is 1.41. The van der Waals surface area contributed by atoms with E-state index in [-0.39, 0.29) is 11.5 Å². The molecule has 0 saturated carbocycles. The summed E-state index contributed by atoms with van der Waals surface area (Å²) in [5, 5.41) is 25.5. The first-order valence-corrected chi connectivity index (χ1v) is 10.8. The van der Waals surface area contributed by atoms with Crippen molar-refractivity contribution in [2.75, 3.05) is 18.9 Å². The maximum absolute atomic E-state index is 12.2. The molecule has 0 aliphatic carbocycles. The summed E-state index contributed by atoms with van der Waals surface area (Å²) < 4.78 is 24.1. The van der Waals surface area contributed by atoms with Gasteiger partial charge < -0.3 is 30.9 Å². The van der Waals surface area contributed by atoms with Gasteiger partial charge in [-0.15, -0.1) is 0 Å². The highest BCUT2D eigenvalue weighted by Gasteiger charge is 2.45. The van der Waals surface area contributed by atoms with Crippen LogP contribution in [0.25, 0.3) is 11.2 Å². The highest BCUT2D eigenvalue weighted by atomic mass is 31.2. The molecule has 0 aromatic carbocycles. The van der Waals surface area contributed by atoms with Crippen LogP contribution in [-0.2, 0) is 18.6 Å². The Labute approximate surface area is 170 Å². The fourth-order valence-corrected chi connectivity index (χ4v) is 4.33. The van der Waals surface area contributed by atoms with Crippen molar-refractivity contribution in [2.45, 2.75) is 43.4 Å². The number of hydrogen-bond acceptors (Lipinski definition) is 11. The van der Waals surface area contributed by atoms with Crippen molar-refractivity contribution in [3.63, 3.8) is 0 Å². The van der Waals surface area contributed by atoms with Crippen molar-refractivity contribution < 1.29 is 33.7 Å². The van der Waals surface area contributed by atoms with Crippen LogP contribution in [0.4, 0.5) is 5.82 Å². The molecule has 0 radical (unpaired) electrons. The summed E-state index contributed by atoms with van der Waals surface area (Å²) >= 11 is 0. The number of hydrogen-bond donors (Lipinski definition) is 6. The zero-order valence-corrected chi connectivity index (χ0v) is 16.6. The van der Waals surface area contributed by atoms with Gasteiger partial charge >= 0.3 is 7.75 Å². The van der Waals surface area contributed by atoms with Gasteiger partial charge in [-0.1, -0.05) is 0 Å². The van der Waals surface area contributed by atoms with E-state index in [1.807, 2.05) is 5.09 Å². The fourth-order valence-electron chi connectivity index (χ4n) is 3.49. The number of aliphatic hydroxyl groups excluding tert-OH is 2. The van der Waals surface area contributed by atoms with Gasteiger partial charge in [-0.05, 0) is 19.4 Å². The summed E-state index contributed by atoms with van der Waals surface area (Å²) in [5.41, 5.74) is 6.32. The van der Waals surface area contributed by atoms with Gasteiger partial charge in [0.2, 0.25) is 5.91 Å². The first-order valence-electron chi connectivity index (χ1n) is 9.24. The Hall–Kier alpha value is -2.19. The van der Waals surface area contributed by atoms with Crippen molar-refractivity contribution >= 4 is 30.6 Å². The molecule has 2 aliphatic heterocycles. The number of fused-ring (bicyclic) bond motifs is 1. The summed E-state index contributed by atoms with van der Waals surface area (Å²) in [5.74, 6) is -0.508. The Morgan fingerprint density at radius 1 is 1.40 bits per heavy atom. The lowest BCUT2D eigenvalue weighted by atomic mass is 10.1. The maximum atomic E-state index is 12.2. The predicted octanol–water partition coefficient (Wildman–Crippen LogP) is -1.99. The third kappa shape index (κ3) is 4.03. The van der Waals surface area contributed by atoms with E-state index in [4.69, 9.17) is 15.0 Å². The zero-order valence-electron chi connectivity index (χ0n) is 15.7. The maximum Gasteiger partial charge on any atom is 0.432 e. The van der Waals surface area contributed by atoms with Crippen LogP contribution in [0.2, 0.25) is 0 Å². The van der Waals surface area contributed by atoms with Crippen molar-refractivity contribution in [3.05, 3.63) is 12.7 Å². The molecule has 2 aromatic rings. The lowest BCUT2D eigenvalue weighted by Crippen LogP contribution is -2.39. The van der Waals surface area contributed by atoms with Gasteiger partial charge in [0, 0.05) is 0 Å². The van der Waals surface area contributed by atoms with Gasteiger partial charge in [0.25, 0.3) is 0 Å². The molecule has 0 bridgehead atoms. The molecule has 2 aliphatic rings. The molecule has 6 unspecified atom stereocenters. The number of anilines is 1. The number of ether oxygens (including phenoxy) is 1. The number of carbonyl (C=O) groups is 1. The third-order valence-corrected chi connectivity index (χ3v) is 6.04. The monoisotopic (exact) mass is 443 g/mol. The first kappa shape index (κ1) is 21.1. The minimum Gasteiger partial charge on any atom is -0.387 e. The molecule has 15 heteroatoms. The van der Waals surface area contributed by atoms with Gasteiger partial charge in [-0.2, -0.15) is 0 Å². The lowest BCUT2D eigenvalue weighted by molar-refractivity contribution is -0.121. The largest absolute Gasteiger partial charge is 0.432 e. The molecule has 6 atom stereocenters. The van der Waals surface area contributed by atoms with Crippen LogP contribution in [0.1, 0.15) is 19.1 Å². The molecule has 7 N–H and O–H groups in total. The van der Waals surface area contributed by atoms with E-state index in [9.17, 15) is 24.5 Å². The number of aromatic nitrogens is 4. The molecular formula is C15H22N7O7P. The molecule has 2 aromatic heterocycles. The Kier molecular flexibility index (Phi) is 5.72. The van der Waals surface area contributed by atoms with Crippen LogP contribution >= 0.6 is 7.75 Å². The molecule has 14 nitrogen and oxygen atoms in total. The van der Waals surface area contributed by atoms with Crippen molar-refractivity contribution in [2.24, 2.45) is 0 Å². The summed E-state index contributed by atoms with van der Waals surface area (Å²) in [6.07, 6.45) is -1.19. The summed E-state index contributed by atoms with van der Waals surface area (Å²) in [6, 6.07) is -0.558. The summed E-state index contributed by atoms with van der Waals surface area (Å²) in [4.78, 5) is 33.9. The second-order valence-corrected chi connectivity index (χ2v) is 8.59. The van der Waals surface area contributed by atoms with Crippen molar-refractivity contribution in [1.82, 2.24) is 29.9 Å². The molecule has 2 fully saturated rings. The fraction of sp³-hybridized carbons (Fsp3) is 0.600. The molecule has 0 spiro atoms. The number of nitrogens with zero attached hydrogens (tertiary/aromatic N) is 4. The molecule has 30 heavy (non-hydrogen) atoms. The van der Waals surface area contributed by atoms with Gasteiger partial charge in [0.15, 0.2) is 17.7 Å². The van der Waals surface area contributed by atoms with Crippen molar-refractivity contribution in [1.29, 1.82) is 0 Å². The van der Waals surface area contributed by atoms with Crippen LogP contribution < -0.4 is 16.1 Å². The van der Waals surface area contributed by atoms with Crippen LogP contribution in [0.3, 0.4) is 0 Å². The summed E-state index contributed by atoms with van der Waals surface area (Å²) in [7, 11) is -4.49. The second-order valence-electron chi connectivity index (χ2n) is 7.07. The Morgan fingerprint density at radius 2 is 2.20 bits per heavy atom. The van der Waals surface area contributed by atoms with E-state index in [0.717, 1.165) is 6.42 Å². The van der Waals surface area contributed by atoms with E-state index in [1.54, 1.807) is 0 Å². The quantitative estimate of drug-likeness (QED) is 0.268. The van der Waals surface area contributed by atoms with E-state index in [2.05, 4.69) is 20.3 Å². The molecule has 2 saturated heterocycles. The van der Waals surface area contributed by atoms with E-state index in [0.29, 0.717) is 18.5 Å². The summed E-state index contributed by atoms with van der Waals surface area (Å²) in [6.45, 7) is 0.0974. The van der Waals surface area contributed by atoms with Gasteiger partial charge in [-0.25, -0.2) is 19.5 Å². The number of nitrogens with two attached hydrogens (primary N) is 1. The molecule has 164 valence electrons.